The summed E-state index contributed by atoms with van der Waals surface area (Å²) >= 11 is 1.46. The minimum Gasteiger partial charge on any atom is -0.352 e. The van der Waals surface area contributed by atoms with Crippen molar-refractivity contribution >= 4 is 23.4 Å². The van der Waals surface area contributed by atoms with Gasteiger partial charge < -0.3 is 5.32 Å². The maximum Gasteiger partial charge on any atom is 0.253 e. The van der Waals surface area contributed by atoms with E-state index in [0.29, 0.717) is 17.5 Å². The molecule has 4 aromatic heterocycles. The molecule has 0 spiro atoms. The predicted octanol–water partition coefficient (Wildman–Crippen LogP) is 2.52. The first-order valence-electron chi connectivity index (χ1n) is 9.88. The lowest BCUT2D eigenvalue weighted by Gasteiger charge is -2.11. The van der Waals surface area contributed by atoms with Crippen LogP contribution in [-0.4, -0.2) is 46.5 Å². The van der Waals surface area contributed by atoms with Crippen LogP contribution in [-0.2, 0) is 17.8 Å². The van der Waals surface area contributed by atoms with Crippen LogP contribution in [0, 0.1) is 27.7 Å². The molecule has 9 nitrogen and oxygen atoms in total. The van der Waals surface area contributed by atoms with E-state index < -0.39 is 0 Å². The average molecular weight is 437 g/mol. The summed E-state index contributed by atoms with van der Waals surface area (Å²) in [6.07, 6.45) is 3.91. The van der Waals surface area contributed by atoms with Crippen LogP contribution in [0.2, 0.25) is 0 Å². The molecule has 160 valence electrons. The summed E-state index contributed by atoms with van der Waals surface area (Å²) in [7, 11) is 0. The van der Waals surface area contributed by atoms with Gasteiger partial charge in [0, 0.05) is 35.4 Å². The zero-order valence-corrected chi connectivity index (χ0v) is 19.0. The molecule has 0 aliphatic rings. The van der Waals surface area contributed by atoms with Crippen molar-refractivity contribution in [2.24, 2.45) is 0 Å². The van der Waals surface area contributed by atoms with Crippen molar-refractivity contribution in [3.05, 3.63) is 58.3 Å². The van der Waals surface area contributed by atoms with Gasteiger partial charge in [-0.15, -0.1) is 5.10 Å². The van der Waals surface area contributed by atoms with E-state index in [9.17, 15) is 4.79 Å². The van der Waals surface area contributed by atoms with Crippen molar-refractivity contribution in [3.63, 3.8) is 0 Å². The van der Waals surface area contributed by atoms with Gasteiger partial charge in [0.25, 0.3) is 5.78 Å². The summed E-state index contributed by atoms with van der Waals surface area (Å²) in [4.78, 5) is 26.0. The van der Waals surface area contributed by atoms with E-state index >= 15 is 0 Å². The third kappa shape index (κ3) is 4.29. The van der Waals surface area contributed by atoms with Crippen molar-refractivity contribution in [2.75, 3.05) is 6.26 Å². The molecule has 1 amide bonds. The van der Waals surface area contributed by atoms with Gasteiger partial charge in [-0.3, -0.25) is 4.79 Å². The lowest BCUT2D eigenvalue weighted by Crippen LogP contribution is -2.26. The fraction of sp³-hybridized carbons (Fsp3) is 0.333. The summed E-state index contributed by atoms with van der Waals surface area (Å²) in [5.41, 5.74) is 5.42. The SMILES string of the molecule is CSc1nc2nc(C)c(CC(=O)NCc3ccc(-n4nc(C)cc4C)nc3)c(C)n2n1. The Bertz CT molecular complexity index is 1260. The Morgan fingerprint density at radius 3 is 2.58 bits per heavy atom. The van der Waals surface area contributed by atoms with Gasteiger partial charge in [0.15, 0.2) is 5.82 Å². The molecule has 1 N–H and O–H groups in total. The third-order valence-electron chi connectivity index (χ3n) is 5.07. The molecule has 0 unspecified atom stereocenters. The fourth-order valence-electron chi connectivity index (χ4n) is 3.46. The summed E-state index contributed by atoms with van der Waals surface area (Å²) < 4.78 is 3.50. The second-order valence-electron chi connectivity index (χ2n) is 7.39. The number of rotatable bonds is 6. The Kier molecular flexibility index (Phi) is 5.73. The number of aromatic nitrogens is 7. The van der Waals surface area contributed by atoms with Gasteiger partial charge in [0.2, 0.25) is 11.1 Å². The fourth-order valence-corrected chi connectivity index (χ4v) is 3.80. The quantitative estimate of drug-likeness (QED) is 0.463. The van der Waals surface area contributed by atoms with Crippen LogP contribution < -0.4 is 5.32 Å². The average Bonchev–Trinajstić information content (AvgIpc) is 3.32. The Balaban J connectivity index is 1.43. The van der Waals surface area contributed by atoms with Crippen LogP contribution in [0.3, 0.4) is 0 Å². The van der Waals surface area contributed by atoms with Crippen molar-refractivity contribution in [1.29, 1.82) is 0 Å². The topological polar surface area (TPSA) is 103 Å². The molecule has 0 aliphatic heterocycles. The Morgan fingerprint density at radius 2 is 1.94 bits per heavy atom. The Morgan fingerprint density at radius 1 is 1.13 bits per heavy atom. The molecule has 0 saturated carbocycles. The summed E-state index contributed by atoms with van der Waals surface area (Å²) in [5, 5.41) is 12.5. The van der Waals surface area contributed by atoms with E-state index in [2.05, 4.69) is 30.5 Å². The Labute approximate surface area is 184 Å². The number of hydrogen-bond donors (Lipinski definition) is 1. The highest BCUT2D eigenvalue weighted by molar-refractivity contribution is 7.98. The monoisotopic (exact) mass is 436 g/mol. The highest BCUT2D eigenvalue weighted by atomic mass is 32.2. The number of thioether (sulfide) groups is 1. The first kappa shape index (κ1) is 21.0. The number of nitrogens with one attached hydrogen (secondary N) is 1. The number of carbonyl (C=O) groups is 1. The molecular weight excluding hydrogens is 412 g/mol. The normalized spacial score (nSPS) is 11.3. The summed E-state index contributed by atoms with van der Waals surface area (Å²) in [6, 6.07) is 5.86. The molecule has 10 heteroatoms. The second kappa shape index (κ2) is 8.46. The van der Waals surface area contributed by atoms with E-state index in [4.69, 9.17) is 0 Å². The molecule has 4 rings (SSSR count). The molecule has 0 aliphatic carbocycles. The van der Waals surface area contributed by atoms with Gasteiger partial charge in [-0.05, 0) is 51.6 Å². The summed E-state index contributed by atoms with van der Waals surface area (Å²) in [6.45, 7) is 8.17. The highest BCUT2D eigenvalue weighted by Gasteiger charge is 2.16. The van der Waals surface area contributed by atoms with Crippen LogP contribution in [0.5, 0.6) is 0 Å². The smallest absolute Gasteiger partial charge is 0.253 e. The van der Waals surface area contributed by atoms with E-state index in [0.717, 1.165) is 39.7 Å². The van der Waals surface area contributed by atoms with Gasteiger partial charge in [-0.2, -0.15) is 10.1 Å². The van der Waals surface area contributed by atoms with Gasteiger partial charge in [0.05, 0.1) is 12.1 Å². The second-order valence-corrected chi connectivity index (χ2v) is 8.16. The predicted molar refractivity (Wildman–Crippen MR) is 118 cm³/mol. The molecule has 4 aromatic rings. The molecule has 31 heavy (non-hydrogen) atoms. The largest absolute Gasteiger partial charge is 0.352 e. The van der Waals surface area contributed by atoms with E-state index in [-0.39, 0.29) is 12.3 Å². The third-order valence-corrected chi connectivity index (χ3v) is 5.61. The number of hydrogen-bond acceptors (Lipinski definition) is 7. The minimum absolute atomic E-state index is 0.0832. The van der Waals surface area contributed by atoms with Gasteiger partial charge in [0.1, 0.15) is 0 Å². The van der Waals surface area contributed by atoms with Crippen molar-refractivity contribution in [2.45, 2.75) is 45.8 Å². The molecule has 0 atom stereocenters. The first-order chi connectivity index (χ1) is 14.9. The zero-order valence-electron chi connectivity index (χ0n) is 18.2. The van der Waals surface area contributed by atoms with Crippen molar-refractivity contribution in [1.82, 2.24) is 39.7 Å². The van der Waals surface area contributed by atoms with Crippen LogP contribution in [0.4, 0.5) is 0 Å². The first-order valence-corrected chi connectivity index (χ1v) is 11.1. The minimum atomic E-state index is -0.0832. The molecule has 0 bridgehead atoms. The number of amides is 1. The van der Waals surface area contributed by atoms with Gasteiger partial charge in [-0.1, -0.05) is 17.8 Å². The molecule has 0 saturated heterocycles. The summed E-state index contributed by atoms with van der Waals surface area (Å²) in [5.74, 6) is 1.22. The van der Waals surface area contributed by atoms with E-state index in [1.807, 2.05) is 52.1 Å². The molecule has 0 aromatic carbocycles. The van der Waals surface area contributed by atoms with Crippen LogP contribution in [0.1, 0.15) is 33.9 Å². The van der Waals surface area contributed by atoms with Crippen molar-refractivity contribution in [3.8, 4) is 5.82 Å². The van der Waals surface area contributed by atoms with Crippen molar-refractivity contribution < 1.29 is 4.79 Å². The maximum atomic E-state index is 12.6. The van der Waals surface area contributed by atoms with Crippen LogP contribution in [0.15, 0.2) is 29.6 Å². The highest BCUT2D eigenvalue weighted by Crippen LogP contribution is 2.17. The standard InChI is InChI=1S/C21H24N8OS/c1-12-8-13(2)28(26-12)18-7-6-16(10-22-18)11-23-19(30)9-17-14(3)24-20-25-21(31-5)27-29(20)15(17)4/h6-8,10H,9,11H2,1-5H3,(H,23,30). The number of pyridine rings is 1. The Hall–Kier alpha value is -3.27. The number of fused-ring (bicyclic) bond motifs is 1. The van der Waals surface area contributed by atoms with E-state index in [1.165, 1.54) is 11.8 Å². The zero-order chi connectivity index (χ0) is 22.1. The van der Waals surface area contributed by atoms with Gasteiger partial charge >= 0.3 is 0 Å². The molecule has 4 heterocycles. The molecule has 0 fully saturated rings. The maximum absolute atomic E-state index is 12.6. The van der Waals surface area contributed by atoms with Crippen LogP contribution >= 0.6 is 11.8 Å². The van der Waals surface area contributed by atoms with Gasteiger partial charge in [-0.25, -0.2) is 19.2 Å². The van der Waals surface area contributed by atoms with Crippen LogP contribution in [0.25, 0.3) is 11.6 Å². The number of nitrogens with zero attached hydrogens (tertiary/aromatic N) is 7. The number of carbonyl (C=O) groups excluding carboxylic acids is 1. The van der Waals surface area contributed by atoms with E-state index in [1.54, 1.807) is 15.4 Å². The molecule has 0 radical (unpaired) electrons. The lowest BCUT2D eigenvalue weighted by atomic mass is 10.1. The lowest BCUT2D eigenvalue weighted by molar-refractivity contribution is -0.120. The molecular formula is C21H24N8OS. The number of aryl methyl sites for hydroxylation is 4.